The zero-order chi connectivity index (χ0) is 16.3. The summed E-state index contributed by atoms with van der Waals surface area (Å²) in [6.07, 6.45) is 0. The van der Waals surface area contributed by atoms with Crippen molar-refractivity contribution in [3.8, 4) is 0 Å². The third-order valence-electron chi connectivity index (χ3n) is 3.78. The lowest BCUT2D eigenvalue weighted by Crippen LogP contribution is -2.32. The van der Waals surface area contributed by atoms with Crippen LogP contribution in [0.3, 0.4) is 0 Å². The van der Waals surface area contributed by atoms with Crippen molar-refractivity contribution >= 4 is 16.9 Å². The number of aromatic nitrogens is 2. The molecule has 6 nitrogen and oxygen atoms in total. The van der Waals surface area contributed by atoms with Crippen molar-refractivity contribution < 1.29 is 9.53 Å². The summed E-state index contributed by atoms with van der Waals surface area (Å²) in [5, 5.41) is 0. The normalized spacial score (nSPS) is 11.3. The van der Waals surface area contributed by atoms with E-state index >= 15 is 0 Å². The lowest BCUT2D eigenvalue weighted by atomic mass is 10.1. The topological polar surface area (TPSA) is 67.3 Å². The molecule has 120 valence electrons. The summed E-state index contributed by atoms with van der Waals surface area (Å²) in [5.41, 5.74) is 1.84. The Morgan fingerprint density at radius 2 is 2.14 bits per heavy atom. The molecule has 1 aromatic heterocycles. The van der Waals surface area contributed by atoms with E-state index in [9.17, 15) is 9.59 Å². The van der Waals surface area contributed by atoms with E-state index in [-0.39, 0.29) is 17.6 Å². The molecule has 0 unspecified atom stereocenters. The van der Waals surface area contributed by atoms with Gasteiger partial charge in [-0.15, -0.1) is 0 Å². The first-order chi connectivity index (χ1) is 10.5. The lowest BCUT2D eigenvalue weighted by molar-refractivity contribution is 0.0755. The van der Waals surface area contributed by atoms with Gasteiger partial charge in [-0.3, -0.25) is 9.36 Å². The number of hydrogen-bond acceptors (Lipinski definition) is 3. The maximum Gasteiger partial charge on any atom is 0.326 e. The van der Waals surface area contributed by atoms with Gasteiger partial charge in [-0.1, -0.05) is 0 Å². The maximum absolute atomic E-state index is 12.3. The second-order valence-corrected chi connectivity index (χ2v) is 5.52. The van der Waals surface area contributed by atoms with Gasteiger partial charge in [0, 0.05) is 25.3 Å². The highest BCUT2D eigenvalue weighted by atomic mass is 16.5. The average Bonchev–Trinajstić information content (AvgIpc) is 2.81. The first-order valence-corrected chi connectivity index (χ1v) is 7.53. The molecule has 0 saturated heterocycles. The summed E-state index contributed by atoms with van der Waals surface area (Å²) in [6.45, 7) is 7.44. The molecule has 2 rings (SSSR count). The van der Waals surface area contributed by atoms with Gasteiger partial charge < -0.3 is 14.6 Å². The zero-order valence-electron chi connectivity index (χ0n) is 13.5. The number of benzene rings is 1. The number of rotatable bonds is 6. The minimum absolute atomic E-state index is 0.0557. The lowest BCUT2D eigenvalue weighted by Gasteiger charge is -2.21. The molecule has 1 heterocycles. The van der Waals surface area contributed by atoms with E-state index in [1.807, 2.05) is 20.8 Å². The molecule has 22 heavy (non-hydrogen) atoms. The van der Waals surface area contributed by atoms with Crippen LogP contribution in [0.4, 0.5) is 0 Å². The molecule has 1 aromatic carbocycles. The van der Waals surface area contributed by atoms with Crippen molar-refractivity contribution in [1.29, 1.82) is 0 Å². The Morgan fingerprint density at radius 1 is 1.41 bits per heavy atom. The number of carbonyl (C=O) groups excluding carboxylic acids is 1. The molecule has 0 radical (unpaired) electrons. The minimum Gasteiger partial charge on any atom is -0.380 e. The predicted molar refractivity (Wildman–Crippen MR) is 86.3 cm³/mol. The van der Waals surface area contributed by atoms with Gasteiger partial charge in [0.1, 0.15) is 0 Å². The van der Waals surface area contributed by atoms with Crippen molar-refractivity contribution in [3.05, 3.63) is 34.2 Å². The fourth-order valence-corrected chi connectivity index (χ4v) is 2.26. The molecule has 6 heteroatoms. The fourth-order valence-electron chi connectivity index (χ4n) is 2.26. The number of imidazole rings is 1. The van der Waals surface area contributed by atoms with E-state index in [4.69, 9.17) is 4.74 Å². The summed E-state index contributed by atoms with van der Waals surface area (Å²) >= 11 is 0. The molecular formula is C16H23N3O3. The fraction of sp³-hybridized carbons (Fsp3) is 0.500. The van der Waals surface area contributed by atoms with Gasteiger partial charge in [0.15, 0.2) is 0 Å². The number of carbonyl (C=O) groups is 1. The molecular weight excluding hydrogens is 282 g/mol. The van der Waals surface area contributed by atoms with Crippen LogP contribution in [0.1, 0.15) is 31.1 Å². The molecule has 1 N–H and O–H groups in total. The Hall–Kier alpha value is -2.08. The van der Waals surface area contributed by atoms with Gasteiger partial charge in [-0.05, 0) is 39.0 Å². The van der Waals surface area contributed by atoms with E-state index in [0.29, 0.717) is 30.8 Å². The molecule has 0 fully saturated rings. The smallest absolute Gasteiger partial charge is 0.326 e. The standard InChI is InChI=1S/C16H23N3O3/c1-5-22-9-8-19-14-7-6-12(10-13(14)17-16(19)21)15(20)18(4)11(2)3/h6-7,10-11H,5,8-9H2,1-4H3,(H,17,21). The molecule has 0 aliphatic carbocycles. The van der Waals surface area contributed by atoms with Crippen LogP contribution >= 0.6 is 0 Å². The van der Waals surface area contributed by atoms with E-state index in [2.05, 4.69) is 4.98 Å². The van der Waals surface area contributed by atoms with Crippen LogP contribution < -0.4 is 5.69 Å². The van der Waals surface area contributed by atoms with Crippen LogP contribution in [-0.4, -0.2) is 46.7 Å². The Labute approximate surface area is 129 Å². The summed E-state index contributed by atoms with van der Waals surface area (Å²) in [6, 6.07) is 5.42. The Bertz CT molecular complexity index is 715. The van der Waals surface area contributed by atoms with Crippen molar-refractivity contribution in [2.45, 2.75) is 33.4 Å². The molecule has 0 saturated carbocycles. The quantitative estimate of drug-likeness (QED) is 0.828. The number of nitrogens with one attached hydrogen (secondary N) is 1. The minimum atomic E-state index is -0.184. The number of nitrogens with zero attached hydrogens (tertiary/aromatic N) is 2. The molecule has 0 spiro atoms. The number of aromatic amines is 1. The second kappa shape index (κ2) is 6.79. The first-order valence-electron chi connectivity index (χ1n) is 7.53. The molecule has 2 aromatic rings. The van der Waals surface area contributed by atoms with Crippen LogP contribution in [0.2, 0.25) is 0 Å². The van der Waals surface area contributed by atoms with Crippen LogP contribution in [0, 0.1) is 0 Å². The summed E-state index contributed by atoms with van der Waals surface area (Å²) in [7, 11) is 1.77. The number of hydrogen-bond donors (Lipinski definition) is 1. The van der Waals surface area contributed by atoms with Crippen molar-refractivity contribution in [1.82, 2.24) is 14.5 Å². The third kappa shape index (κ3) is 3.22. The average molecular weight is 305 g/mol. The Kier molecular flexibility index (Phi) is 5.03. The highest BCUT2D eigenvalue weighted by Crippen LogP contribution is 2.15. The van der Waals surface area contributed by atoms with Crippen LogP contribution in [0.25, 0.3) is 11.0 Å². The summed E-state index contributed by atoms with van der Waals surface area (Å²) < 4.78 is 6.93. The molecule has 0 bridgehead atoms. The van der Waals surface area contributed by atoms with Gasteiger partial charge in [0.25, 0.3) is 5.91 Å². The summed E-state index contributed by atoms with van der Waals surface area (Å²) in [5.74, 6) is -0.0557. The molecule has 0 atom stereocenters. The van der Waals surface area contributed by atoms with E-state index < -0.39 is 0 Å². The van der Waals surface area contributed by atoms with Crippen LogP contribution in [0.15, 0.2) is 23.0 Å². The van der Waals surface area contributed by atoms with E-state index in [0.717, 1.165) is 5.52 Å². The zero-order valence-corrected chi connectivity index (χ0v) is 13.5. The van der Waals surface area contributed by atoms with Gasteiger partial charge in [-0.25, -0.2) is 4.79 Å². The number of amides is 1. The van der Waals surface area contributed by atoms with E-state index in [1.165, 1.54) is 0 Å². The second-order valence-electron chi connectivity index (χ2n) is 5.52. The molecule has 0 aliphatic heterocycles. The van der Waals surface area contributed by atoms with Gasteiger partial charge in [-0.2, -0.15) is 0 Å². The number of ether oxygens (including phenoxy) is 1. The Morgan fingerprint density at radius 3 is 2.77 bits per heavy atom. The van der Waals surface area contributed by atoms with Crippen molar-refractivity contribution in [2.75, 3.05) is 20.3 Å². The maximum atomic E-state index is 12.3. The van der Waals surface area contributed by atoms with Crippen molar-refractivity contribution in [3.63, 3.8) is 0 Å². The summed E-state index contributed by atoms with van der Waals surface area (Å²) in [4.78, 5) is 28.8. The third-order valence-corrected chi connectivity index (χ3v) is 3.78. The Balaban J connectivity index is 2.33. The van der Waals surface area contributed by atoms with Gasteiger partial charge in [0.05, 0.1) is 24.2 Å². The highest BCUT2D eigenvalue weighted by molar-refractivity contribution is 5.97. The monoisotopic (exact) mass is 305 g/mol. The van der Waals surface area contributed by atoms with Gasteiger partial charge >= 0.3 is 5.69 Å². The number of fused-ring (bicyclic) bond motifs is 1. The van der Waals surface area contributed by atoms with Gasteiger partial charge in [0.2, 0.25) is 0 Å². The van der Waals surface area contributed by atoms with Crippen molar-refractivity contribution in [2.24, 2.45) is 0 Å². The first kappa shape index (κ1) is 16.3. The van der Waals surface area contributed by atoms with Crippen LogP contribution in [-0.2, 0) is 11.3 Å². The SMILES string of the molecule is CCOCCn1c(=O)[nH]c2cc(C(=O)N(C)C(C)C)ccc21. The van der Waals surface area contributed by atoms with Crippen LogP contribution in [0.5, 0.6) is 0 Å². The van der Waals surface area contributed by atoms with E-state index in [1.54, 1.807) is 34.7 Å². The molecule has 0 aliphatic rings. The highest BCUT2D eigenvalue weighted by Gasteiger charge is 2.16. The molecule has 1 amide bonds. The largest absolute Gasteiger partial charge is 0.380 e. The predicted octanol–water partition coefficient (Wildman–Crippen LogP) is 1.85. The number of H-pyrrole nitrogens is 1.